The molecule has 0 heterocycles. The van der Waals surface area contributed by atoms with E-state index < -0.39 is 11.9 Å². The highest BCUT2D eigenvalue weighted by Gasteiger charge is 2.06. The Hall–Kier alpha value is -2.70. The van der Waals surface area contributed by atoms with Gasteiger partial charge in [-0.1, -0.05) is 90.5 Å². The molecule has 6 heteroatoms. The van der Waals surface area contributed by atoms with Crippen LogP contribution in [0.25, 0.3) is 0 Å². The number of aliphatic hydroxyl groups is 2. The van der Waals surface area contributed by atoms with E-state index in [9.17, 15) is 9.59 Å². The SMILES string of the molecule is CCC(O)CC(O)CC.CCCCCCc1ccc(C(=O)O)cc1.CCCCCCc1ccc(C(=O)O)cc1. The van der Waals surface area contributed by atoms with Crippen molar-refractivity contribution in [3.05, 3.63) is 70.8 Å². The van der Waals surface area contributed by atoms with Crippen LogP contribution in [0.5, 0.6) is 0 Å². The van der Waals surface area contributed by atoms with Gasteiger partial charge in [0.25, 0.3) is 0 Å². The standard InChI is InChI=1S/2C13H18O2.C7H16O2/c2*1-2-3-4-5-6-11-7-9-12(10-8-11)13(14)15;1-3-6(8)5-7(9)4-2/h2*7-10H,2-6H2,1H3,(H,14,15);6-9H,3-5H2,1-2H3. The first-order valence-corrected chi connectivity index (χ1v) is 14.7. The molecule has 0 aliphatic carbocycles. The van der Waals surface area contributed by atoms with E-state index in [-0.39, 0.29) is 12.2 Å². The fourth-order valence-corrected chi connectivity index (χ4v) is 3.79. The molecule has 2 aromatic rings. The first-order valence-electron chi connectivity index (χ1n) is 14.7. The van der Waals surface area contributed by atoms with Crippen molar-refractivity contribution >= 4 is 11.9 Å². The van der Waals surface area contributed by atoms with Crippen LogP contribution in [-0.4, -0.2) is 44.6 Å². The lowest BCUT2D eigenvalue weighted by Gasteiger charge is -2.11. The van der Waals surface area contributed by atoms with Crippen molar-refractivity contribution < 1.29 is 30.0 Å². The van der Waals surface area contributed by atoms with E-state index in [0.717, 1.165) is 25.7 Å². The largest absolute Gasteiger partial charge is 0.478 e. The van der Waals surface area contributed by atoms with Gasteiger partial charge in [-0.25, -0.2) is 9.59 Å². The minimum atomic E-state index is -0.854. The molecule has 4 N–H and O–H groups in total. The predicted molar refractivity (Wildman–Crippen MR) is 160 cm³/mol. The Kier molecular flexibility index (Phi) is 21.6. The van der Waals surface area contributed by atoms with E-state index in [4.69, 9.17) is 20.4 Å². The summed E-state index contributed by atoms with van der Waals surface area (Å²) in [5.74, 6) is -1.71. The number of hydrogen-bond acceptors (Lipinski definition) is 4. The molecule has 220 valence electrons. The van der Waals surface area contributed by atoms with E-state index in [2.05, 4.69) is 13.8 Å². The van der Waals surface area contributed by atoms with Gasteiger partial charge in [0.15, 0.2) is 0 Å². The van der Waals surface area contributed by atoms with Gasteiger partial charge in [-0.3, -0.25) is 0 Å². The van der Waals surface area contributed by atoms with Gasteiger partial charge in [-0.15, -0.1) is 0 Å². The van der Waals surface area contributed by atoms with Crippen molar-refractivity contribution in [2.45, 2.75) is 123 Å². The Morgan fingerprint density at radius 3 is 1.15 bits per heavy atom. The summed E-state index contributed by atoms with van der Waals surface area (Å²) in [4.78, 5) is 21.2. The molecule has 39 heavy (non-hydrogen) atoms. The van der Waals surface area contributed by atoms with Crippen molar-refractivity contribution in [2.75, 3.05) is 0 Å². The molecule has 2 unspecified atom stereocenters. The van der Waals surface area contributed by atoms with Crippen LogP contribution in [0.2, 0.25) is 0 Å². The van der Waals surface area contributed by atoms with E-state index in [1.807, 2.05) is 38.1 Å². The quantitative estimate of drug-likeness (QED) is 0.159. The second-order valence-corrected chi connectivity index (χ2v) is 9.99. The van der Waals surface area contributed by atoms with E-state index in [1.54, 1.807) is 24.3 Å². The third-order valence-electron chi connectivity index (χ3n) is 6.53. The number of benzene rings is 2. The molecule has 0 saturated heterocycles. The van der Waals surface area contributed by atoms with Crippen LogP contribution < -0.4 is 0 Å². The number of unbranched alkanes of at least 4 members (excludes halogenated alkanes) is 6. The van der Waals surface area contributed by atoms with Gasteiger partial charge in [0, 0.05) is 0 Å². The molecule has 0 bridgehead atoms. The highest BCUT2D eigenvalue weighted by Crippen LogP contribution is 2.11. The van der Waals surface area contributed by atoms with E-state index >= 15 is 0 Å². The molecular weight excluding hydrogens is 492 g/mol. The number of aryl methyl sites for hydroxylation is 2. The summed E-state index contributed by atoms with van der Waals surface area (Å²) in [5.41, 5.74) is 3.20. The molecule has 0 fully saturated rings. The van der Waals surface area contributed by atoms with Gasteiger partial charge in [-0.05, 0) is 80.3 Å². The van der Waals surface area contributed by atoms with Gasteiger partial charge >= 0.3 is 11.9 Å². The van der Waals surface area contributed by atoms with Gasteiger partial charge in [0.2, 0.25) is 0 Å². The maximum absolute atomic E-state index is 10.6. The molecule has 0 saturated carbocycles. The first-order chi connectivity index (χ1) is 18.7. The van der Waals surface area contributed by atoms with Crippen LogP contribution >= 0.6 is 0 Å². The van der Waals surface area contributed by atoms with Crippen LogP contribution in [0.1, 0.15) is 130 Å². The third kappa shape index (κ3) is 19.1. The highest BCUT2D eigenvalue weighted by molar-refractivity contribution is 5.87. The van der Waals surface area contributed by atoms with E-state index in [0.29, 0.717) is 17.5 Å². The zero-order valence-corrected chi connectivity index (χ0v) is 24.6. The van der Waals surface area contributed by atoms with Crippen molar-refractivity contribution in [3.8, 4) is 0 Å². The maximum Gasteiger partial charge on any atom is 0.335 e. The monoisotopic (exact) mass is 544 g/mol. The number of carboxylic acids is 2. The molecule has 0 aromatic heterocycles. The lowest BCUT2D eigenvalue weighted by molar-refractivity contribution is 0.0686. The van der Waals surface area contributed by atoms with Crippen molar-refractivity contribution in [1.82, 2.24) is 0 Å². The third-order valence-corrected chi connectivity index (χ3v) is 6.53. The van der Waals surface area contributed by atoms with Gasteiger partial charge in [0.1, 0.15) is 0 Å². The minimum absolute atomic E-state index is 0.319. The molecule has 0 spiro atoms. The lowest BCUT2D eigenvalue weighted by atomic mass is 10.0. The fraction of sp³-hybridized carbons (Fsp3) is 0.576. The van der Waals surface area contributed by atoms with Gasteiger partial charge < -0.3 is 20.4 Å². The average Bonchev–Trinajstić information content (AvgIpc) is 2.94. The summed E-state index contributed by atoms with van der Waals surface area (Å²) in [7, 11) is 0. The first kappa shape index (κ1) is 36.3. The second kappa shape index (κ2) is 23.2. The van der Waals surface area contributed by atoms with Crippen LogP contribution in [0.4, 0.5) is 0 Å². The number of carbonyl (C=O) groups is 2. The summed E-state index contributed by atoms with van der Waals surface area (Å²) >= 11 is 0. The number of hydrogen-bond donors (Lipinski definition) is 4. The predicted octanol–water partition coefficient (Wildman–Crippen LogP) is 7.93. The zero-order valence-electron chi connectivity index (χ0n) is 24.6. The topological polar surface area (TPSA) is 115 Å². The molecule has 0 aliphatic rings. The van der Waals surface area contributed by atoms with E-state index in [1.165, 1.54) is 62.5 Å². The Morgan fingerprint density at radius 1 is 0.564 bits per heavy atom. The Morgan fingerprint density at radius 2 is 0.897 bits per heavy atom. The molecule has 0 amide bonds. The Bertz CT molecular complexity index is 803. The van der Waals surface area contributed by atoms with Crippen LogP contribution in [0, 0.1) is 0 Å². The number of aromatic carboxylic acids is 2. The number of carboxylic acid groups (broad SMARTS) is 2. The molecule has 0 aliphatic heterocycles. The van der Waals surface area contributed by atoms with Crippen LogP contribution in [0.3, 0.4) is 0 Å². The number of rotatable bonds is 16. The molecule has 6 nitrogen and oxygen atoms in total. The van der Waals surface area contributed by atoms with Crippen molar-refractivity contribution in [2.24, 2.45) is 0 Å². The second-order valence-electron chi connectivity index (χ2n) is 9.99. The molecule has 2 atom stereocenters. The summed E-state index contributed by atoms with van der Waals surface area (Å²) < 4.78 is 0. The minimum Gasteiger partial charge on any atom is -0.478 e. The van der Waals surface area contributed by atoms with Gasteiger partial charge in [0.05, 0.1) is 23.3 Å². The van der Waals surface area contributed by atoms with Crippen LogP contribution in [0.15, 0.2) is 48.5 Å². The summed E-state index contributed by atoms with van der Waals surface area (Å²) in [6, 6.07) is 14.4. The fourth-order valence-electron chi connectivity index (χ4n) is 3.79. The maximum atomic E-state index is 10.6. The summed E-state index contributed by atoms with van der Waals surface area (Å²) in [5, 5.41) is 35.4. The average molecular weight is 545 g/mol. The Balaban J connectivity index is 0.000000576. The smallest absolute Gasteiger partial charge is 0.335 e. The van der Waals surface area contributed by atoms with Crippen molar-refractivity contribution in [3.63, 3.8) is 0 Å². The lowest BCUT2D eigenvalue weighted by Crippen LogP contribution is -2.15. The summed E-state index contributed by atoms with van der Waals surface area (Å²) in [6.07, 6.45) is 13.4. The van der Waals surface area contributed by atoms with Crippen LogP contribution in [-0.2, 0) is 12.8 Å². The summed E-state index contributed by atoms with van der Waals surface area (Å²) in [6.45, 7) is 8.21. The van der Waals surface area contributed by atoms with Crippen molar-refractivity contribution in [1.29, 1.82) is 0 Å². The zero-order chi connectivity index (χ0) is 29.5. The molecule has 0 radical (unpaired) electrons. The van der Waals surface area contributed by atoms with Gasteiger partial charge in [-0.2, -0.15) is 0 Å². The molecule has 2 aromatic carbocycles. The normalized spacial score (nSPS) is 11.8. The molecular formula is C33H52O6. The highest BCUT2D eigenvalue weighted by atomic mass is 16.4. The molecule has 2 rings (SSSR count). The Labute approximate surface area is 236 Å². The number of aliphatic hydroxyl groups excluding tert-OH is 2.